The number of carbonyl (C=O) groups excluding carboxylic acids is 1. The molecule has 0 radical (unpaired) electrons. The van der Waals surface area contributed by atoms with E-state index in [9.17, 15) is 14.7 Å². The number of nitrogens with one attached hydrogen (secondary N) is 1. The highest BCUT2D eigenvalue weighted by Gasteiger charge is 2.11. The lowest BCUT2D eigenvalue weighted by Gasteiger charge is -2.09. The molecule has 0 saturated heterocycles. The fourth-order valence-corrected chi connectivity index (χ4v) is 1.22. The quantitative estimate of drug-likeness (QED) is 0.647. The molecule has 3 N–H and O–H groups in total. The molecule has 0 aliphatic heterocycles. The minimum Gasteiger partial charge on any atom is -0.506 e. The Hall–Kier alpha value is -2.04. The largest absolute Gasteiger partial charge is 0.506 e. The predicted octanol–water partition coefficient (Wildman–Crippen LogP) is 0.978. The van der Waals surface area contributed by atoms with Gasteiger partial charge in [-0.1, -0.05) is 12.1 Å². The van der Waals surface area contributed by atoms with Crippen molar-refractivity contribution in [1.82, 2.24) is 0 Å². The Balaban J connectivity index is 3.08. The number of anilines is 1. The third kappa shape index (κ3) is 2.98. The van der Waals surface area contributed by atoms with Gasteiger partial charge >= 0.3 is 5.97 Å². The molecule has 1 amide bonds. The number of benzene rings is 1. The van der Waals surface area contributed by atoms with Crippen molar-refractivity contribution in [3.63, 3.8) is 0 Å². The first-order valence-electron chi connectivity index (χ1n) is 4.31. The number of carbonyl (C=O) groups is 2. The average molecular weight is 209 g/mol. The molecule has 5 heteroatoms. The lowest BCUT2D eigenvalue weighted by Crippen LogP contribution is -2.10. The van der Waals surface area contributed by atoms with Crippen LogP contribution < -0.4 is 5.32 Å². The van der Waals surface area contributed by atoms with Crippen LogP contribution in [0, 0.1) is 0 Å². The number of phenolic OH excluding ortho intramolecular Hbond substituents is 1. The van der Waals surface area contributed by atoms with Crippen LogP contribution in [0.2, 0.25) is 0 Å². The number of carboxylic acid groups (broad SMARTS) is 1. The van der Waals surface area contributed by atoms with Gasteiger partial charge in [0.25, 0.3) is 0 Å². The molecule has 15 heavy (non-hydrogen) atoms. The van der Waals surface area contributed by atoms with Gasteiger partial charge in [0.05, 0.1) is 12.1 Å². The molecule has 0 atom stereocenters. The standard InChI is InChI=1S/C10H11NO4/c1-6(12)11-10-7(5-9(14)15)3-2-4-8(10)13/h2-4,13H,5H2,1H3,(H,11,12)(H,14,15). The Labute approximate surface area is 86.4 Å². The smallest absolute Gasteiger partial charge is 0.307 e. The van der Waals surface area contributed by atoms with Crippen molar-refractivity contribution >= 4 is 17.6 Å². The number of aliphatic carboxylic acids is 1. The van der Waals surface area contributed by atoms with Crippen LogP contribution in [-0.2, 0) is 16.0 Å². The molecule has 0 aliphatic rings. The summed E-state index contributed by atoms with van der Waals surface area (Å²) in [5, 5.41) is 20.5. The molecular formula is C10H11NO4. The molecule has 1 aromatic rings. The Kier molecular flexibility index (Phi) is 3.28. The zero-order valence-corrected chi connectivity index (χ0v) is 8.15. The first-order chi connectivity index (χ1) is 7.00. The van der Waals surface area contributed by atoms with Crippen LogP contribution >= 0.6 is 0 Å². The molecule has 0 fully saturated rings. The van der Waals surface area contributed by atoms with Gasteiger partial charge in [0.1, 0.15) is 5.75 Å². The van der Waals surface area contributed by atoms with Gasteiger partial charge in [0, 0.05) is 6.92 Å². The summed E-state index contributed by atoms with van der Waals surface area (Å²) in [7, 11) is 0. The van der Waals surface area contributed by atoms with Gasteiger partial charge < -0.3 is 15.5 Å². The fourth-order valence-electron chi connectivity index (χ4n) is 1.22. The van der Waals surface area contributed by atoms with Crippen molar-refractivity contribution in [3.05, 3.63) is 23.8 Å². The summed E-state index contributed by atoms with van der Waals surface area (Å²) in [5.41, 5.74) is 0.533. The van der Waals surface area contributed by atoms with Crippen LogP contribution in [0.15, 0.2) is 18.2 Å². The second-order valence-corrected chi connectivity index (χ2v) is 3.06. The van der Waals surface area contributed by atoms with E-state index in [0.29, 0.717) is 5.56 Å². The van der Waals surface area contributed by atoms with Crippen molar-refractivity contribution in [2.45, 2.75) is 13.3 Å². The van der Waals surface area contributed by atoms with E-state index < -0.39 is 5.97 Å². The Morgan fingerprint density at radius 3 is 2.60 bits per heavy atom. The molecule has 0 spiro atoms. The van der Waals surface area contributed by atoms with Crippen LogP contribution in [0.4, 0.5) is 5.69 Å². The maximum absolute atomic E-state index is 10.8. The molecule has 0 unspecified atom stereocenters. The van der Waals surface area contributed by atoms with E-state index >= 15 is 0 Å². The van der Waals surface area contributed by atoms with Gasteiger partial charge in [-0.05, 0) is 11.6 Å². The van der Waals surface area contributed by atoms with Gasteiger partial charge in [-0.2, -0.15) is 0 Å². The highest BCUT2D eigenvalue weighted by atomic mass is 16.4. The molecule has 1 rings (SSSR count). The molecule has 5 nitrogen and oxygen atoms in total. The number of rotatable bonds is 3. The van der Waals surface area contributed by atoms with E-state index in [2.05, 4.69) is 5.32 Å². The van der Waals surface area contributed by atoms with E-state index in [1.165, 1.54) is 19.1 Å². The van der Waals surface area contributed by atoms with Gasteiger partial charge in [0.2, 0.25) is 5.91 Å². The number of hydrogen-bond donors (Lipinski definition) is 3. The number of amides is 1. The van der Waals surface area contributed by atoms with E-state index in [1.54, 1.807) is 6.07 Å². The van der Waals surface area contributed by atoms with Gasteiger partial charge in [-0.15, -0.1) is 0 Å². The van der Waals surface area contributed by atoms with E-state index in [4.69, 9.17) is 5.11 Å². The molecule has 80 valence electrons. The number of phenols is 1. The minimum atomic E-state index is -1.02. The Bertz CT molecular complexity index is 400. The van der Waals surface area contributed by atoms with Crippen molar-refractivity contribution < 1.29 is 19.8 Å². The summed E-state index contributed by atoms with van der Waals surface area (Å²) in [5.74, 6) is -1.51. The van der Waals surface area contributed by atoms with E-state index in [0.717, 1.165) is 0 Å². The van der Waals surface area contributed by atoms with Crippen LogP contribution in [-0.4, -0.2) is 22.1 Å². The van der Waals surface area contributed by atoms with Crippen LogP contribution in [0.25, 0.3) is 0 Å². The number of para-hydroxylation sites is 1. The number of hydrogen-bond acceptors (Lipinski definition) is 3. The van der Waals surface area contributed by atoms with E-state index in [1.807, 2.05) is 0 Å². The lowest BCUT2D eigenvalue weighted by molar-refractivity contribution is -0.136. The number of aromatic hydroxyl groups is 1. The molecular weight excluding hydrogens is 198 g/mol. The van der Waals surface area contributed by atoms with Crippen molar-refractivity contribution in [2.75, 3.05) is 5.32 Å². The summed E-state index contributed by atoms with van der Waals surface area (Å²) in [6.07, 6.45) is -0.246. The molecule has 0 heterocycles. The van der Waals surface area contributed by atoms with Gasteiger partial charge in [-0.3, -0.25) is 9.59 Å². The van der Waals surface area contributed by atoms with Gasteiger partial charge in [0.15, 0.2) is 0 Å². The Morgan fingerprint density at radius 2 is 2.07 bits per heavy atom. The summed E-state index contributed by atoms with van der Waals surface area (Å²) >= 11 is 0. The summed E-state index contributed by atoms with van der Waals surface area (Å²) in [6, 6.07) is 4.45. The third-order valence-corrected chi connectivity index (χ3v) is 1.77. The topological polar surface area (TPSA) is 86.6 Å². The summed E-state index contributed by atoms with van der Waals surface area (Å²) in [6.45, 7) is 1.29. The third-order valence-electron chi connectivity index (χ3n) is 1.77. The minimum absolute atomic E-state index is 0.135. The SMILES string of the molecule is CC(=O)Nc1c(O)cccc1CC(=O)O. The second kappa shape index (κ2) is 4.45. The predicted molar refractivity (Wildman–Crippen MR) is 53.8 cm³/mol. The maximum atomic E-state index is 10.8. The van der Waals surface area contributed by atoms with E-state index in [-0.39, 0.29) is 23.8 Å². The highest BCUT2D eigenvalue weighted by molar-refractivity contribution is 5.92. The van der Waals surface area contributed by atoms with Crippen molar-refractivity contribution in [3.8, 4) is 5.75 Å². The zero-order chi connectivity index (χ0) is 11.4. The number of carboxylic acids is 1. The summed E-state index contributed by atoms with van der Waals surface area (Å²) < 4.78 is 0. The molecule has 0 saturated carbocycles. The molecule has 0 bridgehead atoms. The normalized spacial score (nSPS) is 9.67. The zero-order valence-electron chi connectivity index (χ0n) is 8.15. The lowest BCUT2D eigenvalue weighted by atomic mass is 10.1. The van der Waals surface area contributed by atoms with Crippen LogP contribution in [0.1, 0.15) is 12.5 Å². The molecule has 0 aliphatic carbocycles. The highest BCUT2D eigenvalue weighted by Crippen LogP contribution is 2.27. The maximum Gasteiger partial charge on any atom is 0.307 e. The molecule has 0 aromatic heterocycles. The van der Waals surface area contributed by atoms with Crippen LogP contribution in [0.5, 0.6) is 5.75 Å². The van der Waals surface area contributed by atoms with Gasteiger partial charge in [-0.25, -0.2) is 0 Å². The van der Waals surface area contributed by atoms with Crippen LogP contribution in [0.3, 0.4) is 0 Å². The van der Waals surface area contributed by atoms with Crippen molar-refractivity contribution in [1.29, 1.82) is 0 Å². The summed E-state index contributed by atoms with van der Waals surface area (Å²) in [4.78, 5) is 21.4. The average Bonchev–Trinajstić information content (AvgIpc) is 2.09. The second-order valence-electron chi connectivity index (χ2n) is 3.06. The fraction of sp³-hybridized carbons (Fsp3) is 0.200. The first kappa shape index (κ1) is 11.0. The Morgan fingerprint density at radius 1 is 1.40 bits per heavy atom. The first-order valence-corrected chi connectivity index (χ1v) is 4.31. The molecule has 1 aromatic carbocycles. The monoisotopic (exact) mass is 209 g/mol. The van der Waals surface area contributed by atoms with Crippen molar-refractivity contribution in [2.24, 2.45) is 0 Å².